The highest BCUT2D eigenvalue weighted by Gasteiger charge is 2.29. The van der Waals surface area contributed by atoms with Gasteiger partial charge in [-0.1, -0.05) is 0 Å². The van der Waals surface area contributed by atoms with Gasteiger partial charge in [-0.05, 0) is 46.6 Å². The third-order valence-corrected chi connectivity index (χ3v) is 3.71. The number of hydrogen-bond acceptors (Lipinski definition) is 5. The Morgan fingerprint density at radius 3 is 2.82 bits per heavy atom. The molecule has 122 valence electrons. The van der Waals surface area contributed by atoms with Gasteiger partial charge in [0.25, 0.3) is 0 Å². The highest BCUT2D eigenvalue weighted by molar-refractivity contribution is 5.68. The zero-order valence-corrected chi connectivity index (χ0v) is 14.2. The number of amides is 1. The van der Waals surface area contributed by atoms with Crippen molar-refractivity contribution in [2.75, 3.05) is 25.0 Å². The Labute approximate surface area is 132 Å². The van der Waals surface area contributed by atoms with Crippen LogP contribution in [-0.2, 0) is 4.74 Å². The number of piperidine rings is 1. The zero-order valence-electron chi connectivity index (χ0n) is 14.2. The lowest BCUT2D eigenvalue weighted by Gasteiger charge is -2.38. The summed E-state index contributed by atoms with van der Waals surface area (Å²) in [6.07, 6.45) is 3.52. The topological polar surface area (TPSA) is 58.6 Å². The van der Waals surface area contributed by atoms with Gasteiger partial charge in [0.05, 0.1) is 6.04 Å². The molecule has 0 aromatic carbocycles. The molecule has 1 aliphatic heterocycles. The van der Waals surface area contributed by atoms with E-state index in [1.54, 1.807) is 11.1 Å². The lowest BCUT2D eigenvalue weighted by Crippen LogP contribution is -2.50. The van der Waals surface area contributed by atoms with Gasteiger partial charge < -0.3 is 14.5 Å². The average molecular weight is 306 g/mol. The molecule has 0 radical (unpaired) electrons. The van der Waals surface area contributed by atoms with Crippen molar-refractivity contribution in [1.29, 1.82) is 0 Å². The summed E-state index contributed by atoms with van der Waals surface area (Å²) in [5.74, 6) is 1.69. The van der Waals surface area contributed by atoms with Crippen LogP contribution in [0.25, 0.3) is 0 Å². The minimum atomic E-state index is -0.469. The fourth-order valence-electron chi connectivity index (χ4n) is 2.58. The van der Waals surface area contributed by atoms with Gasteiger partial charge in [-0.2, -0.15) is 0 Å². The van der Waals surface area contributed by atoms with Gasteiger partial charge in [0.15, 0.2) is 0 Å². The number of nitrogens with zero attached hydrogens (tertiary/aromatic N) is 4. The van der Waals surface area contributed by atoms with Gasteiger partial charge in [-0.15, -0.1) is 0 Å². The van der Waals surface area contributed by atoms with Gasteiger partial charge in [0.2, 0.25) is 0 Å². The van der Waals surface area contributed by atoms with E-state index in [4.69, 9.17) is 4.74 Å². The molecule has 1 saturated heterocycles. The van der Waals surface area contributed by atoms with E-state index in [1.165, 1.54) is 0 Å². The quantitative estimate of drug-likeness (QED) is 0.840. The Bertz CT molecular complexity index is 527. The normalized spacial score (nSPS) is 19.0. The monoisotopic (exact) mass is 306 g/mol. The van der Waals surface area contributed by atoms with Crippen LogP contribution in [0.15, 0.2) is 12.3 Å². The molecule has 0 spiro atoms. The van der Waals surface area contributed by atoms with Crippen LogP contribution in [0.5, 0.6) is 0 Å². The molecule has 22 heavy (non-hydrogen) atoms. The largest absolute Gasteiger partial charge is 0.444 e. The maximum Gasteiger partial charge on any atom is 0.410 e. The maximum atomic E-state index is 12.2. The van der Waals surface area contributed by atoms with Crippen LogP contribution in [0.1, 0.15) is 39.4 Å². The highest BCUT2D eigenvalue weighted by Crippen LogP contribution is 2.21. The second kappa shape index (κ2) is 6.50. The molecule has 1 aliphatic rings. The smallest absolute Gasteiger partial charge is 0.410 e. The summed E-state index contributed by atoms with van der Waals surface area (Å²) >= 11 is 0. The van der Waals surface area contributed by atoms with Gasteiger partial charge >= 0.3 is 6.09 Å². The van der Waals surface area contributed by atoms with Crippen molar-refractivity contribution >= 4 is 11.9 Å². The molecule has 2 heterocycles. The van der Waals surface area contributed by atoms with E-state index in [2.05, 4.69) is 14.9 Å². The van der Waals surface area contributed by atoms with E-state index in [-0.39, 0.29) is 12.1 Å². The summed E-state index contributed by atoms with van der Waals surface area (Å²) in [4.78, 5) is 24.8. The van der Waals surface area contributed by atoms with Crippen LogP contribution < -0.4 is 4.90 Å². The van der Waals surface area contributed by atoms with E-state index in [9.17, 15) is 4.79 Å². The lowest BCUT2D eigenvalue weighted by atomic mass is 10.0. The molecule has 1 fully saturated rings. The summed E-state index contributed by atoms with van der Waals surface area (Å²) in [5.41, 5.74) is -0.469. The third kappa shape index (κ3) is 4.32. The van der Waals surface area contributed by atoms with Gasteiger partial charge in [-0.3, -0.25) is 0 Å². The molecule has 6 nitrogen and oxygen atoms in total. The molecule has 1 aromatic heterocycles. The molecule has 0 N–H and O–H groups in total. The fraction of sp³-hybridized carbons (Fsp3) is 0.688. The van der Waals surface area contributed by atoms with Crippen LogP contribution in [-0.4, -0.2) is 52.7 Å². The van der Waals surface area contributed by atoms with Crippen molar-refractivity contribution in [3.63, 3.8) is 0 Å². The highest BCUT2D eigenvalue weighted by atomic mass is 16.6. The standard InChI is InChI=1S/C16H26N4O2/c1-12-17-9-8-14(18-12)20-10-6-7-13(11-20)19(5)15(21)22-16(2,3)4/h8-9,13H,6-7,10-11H2,1-5H3/t13-/m1/s1. The Balaban J connectivity index is 2.02. The zero-order chi connectivity index (χ0) is 16.3. The van der Waals surface area contributed by atoms with Crippen LogP contribution in [0.3, 0.4) is 0 Å². The molecule has 0 saturated carbocycles. The summed E-state index contributed by atoms with van der Waals surface area (Å²) in [6.45, 7) is 9.26. The number of hydrogen-bond donors (Lipinski definition) is 0. The third-order valence-electron chi connectivity index (χ3n) is 3.71. The van der Waals surface area contributed by atoms with Gasteiger partial charge in [0.1, 0.15) is 17.2 Å². The van der Waals surface area contributed by atoms with Gasteiger partial charge in [0, 0.05) is 26.3 Å². The summed E-state index contributed by atoms with van der Waals surface area (Å²) in [7, 11) is 1.81. The van der Waals surface area contributed by atoms with Crippen LogP contribution in [0, 0.1) is 6.92 Å². The van der Waals surface area contributed by atoms with Crippen LogP contribution in [0.2, 0.25) is 0 Å². The maximum absolute atomic E-state index is 12.2. The first-order valence-electron chi connectivity index (χ1n) is 7.76. The first-order chi connectivity index (χ1) is 10.3. The van der Waals surface area contributed by atoms with Crippen LogP contribution in [0.4, 0.5) is 10.6 Å². The summed E-state index contributed by atoms with van der Waals surface area (Å²) < 4.78 is 5.46. The van der Waals surface area contributed by atoms with E-state index < -0.39 is 5.60 Å². The molecule has 1 aromatic rings. The second-order valence-electron chi connectivity index (χ2n) is 6.80. The second-order valence-corrected chi connectivity index (χ2v) is 6.80. The van der Waals surface area contributed by atoms with Crippen molar-refractivity contribution in [2.45, 2.75) is 52.2 Å². The molecular weight excluding hydrogens is 280 g/mol. The lowest BCUT2D eigenvalue weighted by molar-refractivity contribution is 0.0209. The Hall–Kier alpha value is -1.85. The number of aryl methyl sites for hydroxylation is 1. The average Bonchev–Trinajstić information content (AvgIpc) is 2.45. The molecule has 0 aliphatic carbocycles. The number of anilines is 1. The number of carbonyl (C=O) groups is 1. The van der Waals surface area contributed by atoms with Crippen molar-refractivity contribution in [3.05, 3.63) is 18.1 Å². The first kappa shape index (κ1) is 16.5. The van der Waals surface area contributed by atoms with E-state index in [1.807, 2.05) is 40.8 Å². The molecule has 6 heteroatoms. The number of likely N-dealkylation sites (N-methyl/N-ethyl adjacent to an activating group) is 1. The Morgan fingerprint density at radius 2 is 2.18 bits per heavy atom. The Kier molecular flexibility index (Phi) is 4.88. The SMILES string of the molecule is Cc1nccc(N2CCC[C@@H](N(C)C(=O)OC(C)(C)C)C2)n1. The van der Waals surface area contributed by atoms with Crippen molar-refractivity contribution < 1.29 is 9.53 Å². The fourth-order valence-corrected chi connectivity index (χ4v) is 2.58. The first-order valence-corrected chi connectivity index (χ1v) is 7.76. The van der Waals surface area contributed by atoms with E-state index in [0.717, 1.165) is 37.6 Å². The summed E-state index contributed by atoms with van der Waals surface area (Å²) in [6, 6.07) is 2.06. The summed E-state index contributed by atoms with van der Waals surface area (Å²) in [5, 5.41) is 0. The predicted molar refractivity (Wildman–Crippen MR) is 86.0 cm³/mol. The van der Waals surface area contributed by atoms with E-state index in [0.29, 0.717) is 0 Å². The van der Waals surface area contributed by atoms with Crippen molar-refractivity contribution in [1.82, 2.24) is 14.9 Å². The predicted octanol–water partition coefficient (Wildman–Crippen LogP) is 2.62. The van der Waals surface area contributed by atoms with Crippen LogP contribution >= 0.6 is 0 Å². The number of ether oxygens (including phenoxy) is 1. The Morgan fingerprint density at radius 1 is 1.45 bits per heavy atom. The van der Waals surface area contributed by atoms with Gasteiger partial charge in [-0.25, -0.2) is 14.8 Å². The van der Waals surface area contributed by atoms with E-state index >= 15 is 0 Å². The molecule has 0 bridgehead atoms. The minimum absolute atomic E-state index is 0.138. The molecular formula is C16H26N4O2. The van der Waals surface area contributed by atoms with Crippen molar-refractivity contribution in [2.24, 2.45) is 0 Å². The number of rotatable bonds is 2. The number of carbonyl (C=O) groups excluding carboxylic acids is 1. The molecule has 0 unspecified atom stereocenters. The van der Waals surface area contributed by atoms with Crippen molar-refractivity contribution in [3.8, 4) is 0 Å². The number of aromatic nitrogens is 2. The minimum Gasteiger partial charge on any atom is -0.444 e. The molecule has 1 amide bonds. The molecule has 2 rings (SSSR count). The molecule has 1 atom stereocenters.